The summed E-state index contributed by atoms with van der Waals surface area (Å²) < 4.78 is 0. The monoisotopic (exact) mass is 294 g/mol. The number of anilines is 2. The second-order valence-corrected chi connectivity index (χ2v) is 5.44. The molecular formula is C17H18N4O. The number of aliphatic hydroxyl groups excluding tert-OH is 1. The molecule has 1 atom stereocenters. The summed E-state index contributed by atoms with van der Waals surface area (Å²) in [5, 5.41) is 13.6. The van der Waals surface area contributed by atoms with Gasteiger partial charge in [-0.15, -0.1) is 0 Å². The van der Waals surface area contributed by atoms with Crippen LogP contribution < -0.4 is 4.90 Å². The van der Waals surface area contributed by atoms with E-state index in [2.05, 4.69) is 39.2 Å². The third-order valence-corrected chi connectivity index (χ3v) is 3.98. The number of nitrogens with zero attached hydrogens (tertiary/aromatic N) is 4. The molecule has 3 rings (SSSR count). The second kappa shape index (κ2) is 6.52. The van der Waals surface area contributed by atoms with E-state index in [-0.39, 0.29) is 6.54 Å². The van der Waals surface area contributed by atoms with Crippen molar-refractivity contribution < 1.29 is 5.11 Å². The van der Waals surface area contributed by atoms with Crippen LogP contribution in [0.3, 0.4) is 0 Å². The molecule has 5 nitrogen and oxygen atoms in total. The van der Waals surface area contributed by atoms with Crippen molar-refractivity contribution in [3.8, 4) is 0 Å². The highest BCUT2D eigenvalue weighted by molar-refractivity contribution is 5.71. The number of para-hydroxylation sites is 2. The molecule has 22 heavy (non-hydrogen) atoms. The summed E-state index contributed by atoms with van der Waals surface area (Å²) in [6.45, 7) is 0.490. The van der Waals surface area contributed by atoms with Crippen LogP contribution >= 0.6 is 0 Å². The lowest BCUT2D eigenvalue weighted by atomic mass is 10.0. The SMILES string of the molecule is [N-]=[N+]=NC[C@@H](O)CN1c2ccccc2CCc2ccccc21. The van der Waals surface area contributed by atoms with Gasteiger partial charge in [0.05, 0.1) is 12.6 Å². The van der Waals surface area contributed by atoms with Crippen molar-refractivity contribution >= 4 is 11.4 Å². The Bertz CT molecular complexity index is 662. The van der Waals surface area contributed by atoms with Crippen LogP contribution in [-0.2, 0) is 12.8 Å². The fourth-order valence-electron chi connectivity index (χ4n) is 2.97. The van der Waals surface area contributed by atoms with E-state index < -0.39 is 6.10 Å². The molecule has 0 fully saturated rings. The Kier molecular flexibility index (Phi) is 4.28. The number of benzene rings is 2. The molecule has 1 aliphatic heterocycles. The smallest absolute Gasteiger partial charge is 0.0775 e. The van der Waals surface area contributed by atoms with Gasteiger partial charge in [0.15, 0.2) is 0 Å². The molecule has 2 aromatic rings. The molecular weight excluding hydrogens is 276 g/mol. The van der Waals surface area contributed by atoms with E-state index in [1.807, 2.05) is 24.3 Å². The number of azide groups is 1. The second-order valence-electron chi connectivity index (χ2n) is 5.44. The summed E-state index contributed by atoms with van der Waals surface area (Å²) in [5.41, 5.74) is 13.2. The van der Waals surface area contributed by atoms with Crippen LogP contribution in [0.2, 0.25) is 0 Å². The first-order valence-electron chi connectivity index (χ1n) is 7.42. The maximum atomic E-state index is 10.2. The van der Waals surface area contributed by atoms with Crippen LogP contribution in [0.1, 0.15) is 11.1 Å². The standard InChI is InChI=1S/C17H18N4O/c18-20-19-11-15(22)12-21-16-7-3-1-5-13(16)9-10-14-6-2-4-8-17(14)21/h1-8,15,22H,9-12H2/t15-/m1/s1. The summed E-state index contributed by atoms with van der Waals surface area (Å²) >= 11 is 0. The van der Waals surface area contributed by atoms with Crippen molar-refractivity contribution in [2.75, 3.05) is 18.0 Å². The third-order valence-electron chi connectivity index (χ3n) is 3.98. The fourth-order valence-corrected chi connectivity index (χ4v) is 2.97. The first-order chi connectivity index (χ1) is 10.8. The Morgan fingerprint density at radius 3 is 2.14 bits per heavy atom. The number of aliphatic hydroxyl groups is 1. The Morgan fingerprint density at radius 2 is 1.59 bits per heavy atom. The lowest BCUT2D eigenvalue weighted by Gasteiger charge is -2.28. The first-order valence-corrected chi connectivity index (χ1v) is 7.42. The molecule has 0 unspecified atom stereocenters. The average molecular weight is 294 g/mol. The Morgan fingerprint density at radius 1 is 1.05 bits per heavy atom. The zero-order chi connectivity index (χ0) is 15.4. The summed E-state index contributed by atoms with van der Waals surface area (Å²) in [4.78, 5) is 4.86. The number of hydrogen-bond donors (Lipinski definition) is 1. The van der Waals surface area contributed by atoms with Crippen LogP contribution in [-0.4, -0.2) is 24.3 Å². The first kappa shape index (κ1) is 14.4. The normalized spacial score (nSPS) is 14.3. The molecule has 1 N–H and O–H groups in total. The summed E-state index contributed by atoms with van der Waals surface area (Å²) in [6.07, 6.45) is 1.27. The van der Waals surface area contributed by atoms with Crippen LogP contribution in [0.25, 0.3) is 10.4 Å². The summed E-state index contributed by atoms with van der Waals surface area (Å²) in [6, 6.07) is 16.5. The number of hydrogen-bond acceptors (Lipinski definition) is 3. The molecule has 0 spiro atoms. The van der Waals surface area contributed by atoms with E-state index in [9.17, 15) is 5.11 Å². The zero-order valence-electron chi connectivity index (χ0n) is 12.3. The molecule has 0 amide bonds. The third kappa shape index (κ3) is 2.91. The average Bonchev–Trinajstić information content (AvgIpc) is 2.71. The molecule has 0 saturated carbocycles. The van der Waals surface area contributed by atoms with Crippen LogP contribution in [0.4, 0.5) is 11.4 Å². The molecule has 2 aromatic carbocycles. The van der Waals surface area contributed by atoms with Crippen LogP contribution in [0.5, 0.6) is 0 Å². The van der Waals surface area contributed by atoms with Crippen molar-refractivity contribution in [3.63, 3.8) is 0 Å². The minimum absolute atomic E-state index is 0.0807. The highest BCUT2D eigenvalue weighted by Gasteiger charge is 2.21. The van der Waals surface area contributed by atoms with Crippen molar-refractivity contribution in [2.24, 2.45) is 5.11 Å². The van der Waals surface area contributed by atoms with Gasteiger partial charge < -0.3 is 10.0 Å². The van der Waals surface area contributed by atoms with E-state index in [1.54, 1.807) is 0 Å². The quantitative estimate of drug-likeness (QED) is 0.531. The van der Waals surface area contributed by atoms with Gasteiger partial charge in [0, 0.05) is 22.8 Å². The van der Waals surface area contributed by atoms with E-state index in [0.717, 1.165) is 24.2 Å². The molecule has 0 radical (unpaired) electrons. The summed E-state index contributed by atoms with van der Waals surface area (Å²) in [5.74, 6) is 0. The highest BCUT2D eigenvalue weighted by Crippen LogP contribution is 2.35. The maximum absolute atomic E-state index is 10.2. The largest absolute Gasteiger partial charge is 0.391 e. The van der Waals surface area contributed by atoms with Crippen molar-refractivity contribution in [2.45, 2.75) is 18.9 Å². The number of β-amino-alcohol motifs (C(OH)–C–C–N with tert-alkyl or cyclic N) is 1. The lowest BCUT2D eigenvalue weighted by Crippen LogP contribution is -2.31. The predicted molar refractivity (Wildman–Crippen MR) is 87.3 cm³/mol. The minimum atomic E-state index is -0.699. The van der Waals surface area contributed by atoms with Gasteiger partial charge >= 0.3 is 0 Å². The minimum Gasteiger partial charge on any atom is -0.391 e. The van der Waals surface area contributed by atoms with E-state index >= 15 is 0 Å². The van der Waals surface area contributed by atoms with Gasteiger partial charge in [0.25, 0.3) is 0 Å². The Labute approximate surface area is 129 Å². The van der Waals surface area contributed by atoms with Crippen molar-refractivity contribution in [1.82, 2.24) is 0 Å². The summed E-state index contributed by atoms with van der Waals surface area (Å²) in [7, 11) is 0. The van der Waals surface area contributed by atoms with Crippen molar-refractivity contribution in [3.05, 3.63) is 70.1 Å². The Balaban J connectivity index is 2.00. The van der Waals surface area contributed by atoms with Gasteiger partial charge in [-0.2, -0.15) is 0 Å². The lowest BCUT2D eigenvalue weighted by molar-refractivity contribution is 0.191. The fraction of sp³-hybridized carbons (Fsp3) is 0.294. The molecule has 0 bridgehead atoms. The molecule has 0 aliphatic carbocycles. The van der Waals surface area contributed by atoms with E-state index in [1.165, 1.54) is 11.1 Å². The van der Waals surface area contributed by atoms with Gasteiger partial charge in [-0.25, -0.2) is 0 Å². The topological polar surface area (TPSA) is 72.2 Å². The van der Waals surface area contributed by atoms with Crippen LogP contribution in [0.15, 0.2) is 53.6 Å². The van der Waals surface area contributed by atoms with Crippen molar-refractivity contribution in [1.29, 1.82) is 0 Å². The van der Waals surface area contributed by atoms with E-state index in [4.69, 9.17) is 5.53 Å². The van der Waals surface area contributed by atoms with Gasteiger partial charge in [-0.3, -0.25) is 0 Å². The number of fused-ring (bicyclic) bond motifs is 2. The number of aryl methyl sites for hydroxylation is 2. The molecule has 1 heterocycles. The number of rotatable bonds is 4. The Hall–Kier alpha value is -2.49. The molecule has 112 valence electrons. The molecule has 1 aliphatic rings. The van der Waals surface area contributed by atoms with E-state index in [0.29, 0.717) is 6.54 Å². The maximum Gasteiger partial charge on any atom is 0.0775 e. The predicted octanol–water partition coefficient (Wildman–Crippen LogP) is 3.59. The van der Waals surface area contributed by atoms with Gasteiger partial charge in [0.1, 0.15) is 0 Å². The molecule has 5 heteroatoms. The van der Waals surface area contributed by atoms with Crippen LogP contribution in [0, 0.1) is 0 Å². The molecule has 0 saturated heterocycles. The van der Waals surface area contributed by atoms with Gasteiger partial charge in [-0.05, 0) is 41.6 Å². The highest BCUT2D eigenvalue weighted by atomic mass is 16.3. The molecule has 0 aromatic heterocycles. The van der Waals surface area contributed by atoms with Gasteiger partial charge in [0.2, 0.25) is 0 Å². The zero-order valence-corrected chi connectivity index (χ0v) is 12.3. The van der Waals surface area contributed by atoms with Gasteiger partial charge in [-0.1, -0.05) is 41.5 Å².